The van der Waals surface area contributed by atoms with E-state index < -0.39 is 9.84 Å². The summed E-state index contributed by atoms with van der Waals surface area (Å²) in [6.45, 7) is 0.0575. The lowest BCUT2D eigenvalue weighted by Crippen LogP contribution is -2.04. The third-order valence-electron chi connectivity index (χ3n) is 3.42. The molecule has 0 radical (unpaired) electrons. The summed E-state index contributed by atoms with van der Waals surface area (Å²) in [5.74, 6) is 0.885. The molecule has 0 aliphatic rings. The minimum absolute atomic E-state index is 0.0575. The minimum atomic E-state index is -3.17. The number of para-hydroxylation sites is 1. The molecule has 0 aliphatic carbocycles. The van der Waals surface area contributed by atoms with Gasteiger partial charge in [0.05, 0.1) is 11.9 Å². The van der Waals surface area contributed by atoms with Gasteiger partial charge in [-0.2, -0.15) is 0 Å². The zero-order valence-corrected chi connectivity index (χ0v) is 14.3. The van der Waals surface area contributed by atoms with Gasteiger partial charge in [-0.25, -0.2) is 17.8 Å². The fourth-order valence-electron chi connectivity index (χ4n) is 2.31. The predicted octanol–water partition coefficient (Wildman–Crippen LogP) is 3.60. The molecule has 7 heteroatoms. The summed E-state index contributed by atoms with van der Waals surface area (Å²) in [5, 5.41) is 0. The molecule has 0 atom stereocenters. The van der Waals surface area contributed by atoms with Gasteiger partial charge in [0, 0.05) is 17.4 Å². The highest BCUT2D eigenvalue weighted by Crippen LogP contribution is 2.24. The Labute approximate surface area is 145 Å². The van der Waals surface area contributed by atoms with E-state index in [-0.39, 0.29) is 18.2 Å². The van der Waals surface area contributed by atoms with Gasteiger partial charge in [-0.05, 0) is 30.3 Å². The van der Waals surface area contributed by atoms with Gasteiger partial charge < -0.3 is 9.15 Å². The third kappa shape index (κ3) is 4.67. The number of ether oxygens (including phenoxy) is 1. The van der Waals surface area contributed by atoms with Gasteiger partial charge in [0.2, 0.25) is 5.89 Å². The zero-order valence-electron chi connectivity index (χ0n) is 13.5. The lowest BCUT2D eigenvalue weighted by molar-refractivity contribution is 0.263. The highest BCUT2D eigenvalue weighted by Gasteiger charge is 2.12. The molecule has 0 bridgehead atoms. The van der Waals surface area contributed by atoms with Gasteiger partial charge in [0.1, 0.15) is 11.6 Å². The lowest BCUT2D eigenvalue weighted by atomic mass is 10.2. The largest absolute Gasteiger partial charge is 0.484 e. The van der Waals surface area contributed by atoms with Crippen LogP contribution in [0.5, 0.6) is 5.75 Å². The SMILES string of the molecule is CS(=O)(=O)Cc1ccccc1OCc1ncc(-c2ccc(F)cc2)o1. The first-order chi connectivity index (χ1) is 11.9. The van der Waals surface area contributed by atoms with E-state index in [9.17, 15) is 12.8 Å². The van der Waals surface area contributed by atoms with E-state index in [0.717, 1.165) is 0 Å². The van der Waals surface area contributed by atoms with E-state index in [0.29, 0.717) is 28.5 Å². The molecular formula is C18H16FNO4S. The third-order valence-corrected chi connectivity index (χ3v) is 4.26. The van der Waals surface area contributed by atoms with Crippen molar-refractivity contribution in [2.24, 2.45) is 0 Å². The Morgan fingerprint density at radius 1 is 1.12 bits per heavy atom. The zero-order chi connectivity index (χ0) is 17.9. The van der Waals surface area contributed by atoms with Crippen LogP contribution in [-0.4, -0.2) is 19.7 Å². The maximum absolute atomic E-state index is 13.0. The van der Waals surface area contributed by atoms with Crippen LogP contribution >= 0.6 is 0 Å². The van der Waals surface area contributed by atoms with E-state index in [1.807, 2.05) is 0 Å². The molecule has 0 saturated carbocycles. The molecule has 0 saturated heterocycles. The molecule has 5 nitrogen and oxygen atoms in total. The smallest absolute Gasteiger partial charge is 0.232 e. The number of nitrogens with zero attached hydrogens (tertiary/aromatic N) is 1. The standard InChI is InChI=1S/C18H16FNO4S/c1-25(21,22)12-14-4-2-3-5-16(14)23-11-18-20-10-17(24-18)13-6-8-15(19)9-7-13/h2-10H,11-12H2,1H3. The van der Waals surface area contributed by atoms with Crippen LogP contribution in [0.4, 0.5) is 4.39 Å². The van der Waals surface area contributed by atoms with Crippen molar-refractivity contribution in [1.29, 1.82) is 0 Å². The Hall–Kier alpha value is -2.67. The first-order valence-corrected chi connectivity index (χ1v) is 9.56. The molecule has 1 aromatic heterocycles. The van der Waals surface area contributed by atoms with Crippen LogP contribution in [0.25, 0.3) is 11.3 Å². The molecule has 2 aromatic carbocycles. The molecule has 0 unspecified atom stereocenters. The van der Waals surface area contributed by atoms with Crippen LogP contribution in [0.2, 0.25) is 0 Å². The number of benzene rings is 2. The number of sulfone groups is 1. The fourth-order valence-corrected chi connectivity index (χ4v) is 3.11. The van der Waals surface area contributed by atoms with Crippen LogP contribution in [0.1, 0.15) is 11.5 Å². The highest BCUT2D eigenvalue weighted by molar-refractivity contribution is 7.89. The number of oxazole rings is 1. The molecule has 0 fully saturated rings. The second-order valence-electron chi connectivity index (χ2n) is 5.59. The summed E-state index contributed by atoms with van der Waals surface area (Å²) in [6.07, 6.45) is 2.71. The normalized spacial score (nSPS) is 11.4. The summed E-state index contributed by atoms with van der Waals surface area (Å²) in [4.78, 5) is 4.13. The number of hydrogen-bond donors (Lipinski definition) is 0. The fraction of sp³-hybridized carbons (Fsp3) is 0.167. The Morgan fingerprint density at radius 2 is 1.84 bits per heavy atom. The number of hydrogen-bond acceptors (Lipinski definition) is 5. The van der Waals surface area contributed by atoms with Crippen LogP contribution in [0, 0.1) is 5.82 Å². The summed E-state index contributed by atoms with van der Waals surface area (Å²) >= 11 is 0. The topological polar surface area (TPSA) is 69.4 Å². The van der Waals surface area contributed by atoms with Crippen molar-refractivity contribution < 1.29 is 22.0 Å². The molecule has 3 aromatic rings. The van der Waals surface area contributed by atoms with Gasteiger partial charge in [-0.1, -0.05) is 18.2 Å². The molecule has 0 N–H and O–H groups in total. The molecule has 1 heterocycles. The summed E-state index contributed by atoms with van der Waals surface area (Å²) in [6, 6.07) is 12.8. The molecule has 0 spiro atoms. The molecule has 130 valence electrons. The van der Waals surface area contributed by atoms with E-state index in [1.165, 1.54) is 24.6 Å². The number of halogens is 1. The Kier molecular flexibility index (Phi) is 4.85. The molecule has 0 amide bonds. The molecular weight excluding hydrogens is 345 g/mol. The second kappa shape index (κ2) is 7.06. The van der Waals surface area contributed by atoms with Crippen molar-refractivity contribution in [3.05, 3.63) is 72.0 Å². The first-order valence-electron chi connectivity index (χ1n) is 7.50. The number of rotatable bonds is 6. The predicted molar refractivity (Wildman–Crippen MR) is 91.2 cm³/mol. The van der Waals surface area contributed by atoms with Gasteiger partial charge >= 0.3 is 0 Å². The summed E-state index contributed by atoms with van der Waals surface area (Å²) in [5.41, 5.74) is 1.29. The van der Waals surface area contributed by atoms with E-state index >= 15 is 0 Å². The van der Waals surface area contributed by atoms with E-state index in [4.69, 9.17) is 9.15 Å². The lowest BCUT2D eigenvalue weighted by Gasteiger charge is -2.09. The minimum Gasteiger partial charge on any atom is -0.484 e. The van der Waals surface area contributed by atoms with Crippen LogP contribution < -0.4 is 4.74 Å². The summed E-state index contributed by atoms with van der Waals surface area (Å²) < 4.78 is 47.2. The van der Waals surface area contributed by atoms with E-state index in [2.05, 4.69) is 4.98 Å². The van der Waals surface area contributed by atoms with Crippen molar-refractivity contribution in [1.82, 2.24) is 4.98 Å². The Bertz CT molecular complexity index is 965. The van der Waals surface area contributed by atoms with Crippen molar-refractivity contribution in [2.45, 2.75) is 12.4 Å². The Balaban J connectivity index is 1.72. The van der Waals surface area contributed by atoms with Crippen molar-refractivity contribution in [3.63, 3.8) is 0 Å². The molecule has 3 rings (SSSR count). The number of aromatic nitrogens is 1. The average molecular weight is 361 g/mol. The monoisotopic (exact) mass is 361 g/mol. The Morgan fingerprint density at radius 3 is 2.56 bits per heavy atom. The van der Waals surface area contributed by atoms with Gasteiger partial charge in [0.25, 0.3) is 0 Å². The van der Waals surface area contributed by atoms with Crippen LogP contribution in [-0.2, 0) is 22.2 Å². The first kappa shape index (κ1) is 17.2. The van der Waals surface area contributed by atoms with Gasteiger partial charge in [-0.15, -0.1) is 0 Å². The van der Waals surface area contributed by atoms with Crippen LogP contribution in [0.15, 0.2) is 59.1 Å². The van der Waals surface area contributed by atoms with Gasteiger partial charge in [-0.3, -0.25) is 0 Å². The summed E-state index contributed by atoms with van der Waals surface area (Å²) in [7, 11) is -3.17. The molecule has 25 heavy (non-hydrogen) atoms. The van der Waals surface area contributed by atoms with Crippen molar-refractivity contribution in [2.75, 3.05) is 6.26 Å². The van der Waals surface area contributed by atoms with Gasteiger partial charge in [0.15, 0.2) is 22.2 Å². The van der Waals surface area contributed by atoms with Crippen molar-refractivity contribution >= 4 is 9.84 Å². The maximum atomic E-state index is 13.0. The van der Waals surface area contributed by atoms with Crippen LogP contribution in [0.3, 0.4) is 0 Å². The highest BCUT2D eigenvalue weighted by atomic mass is 32.2. The van der Waals surface area contributed by atoms with Crippen molar-refractivity contribution in [3.8, 4) is 17.1 Å². The van der Waals surface area contributed by atoms with E-state index in [1.54, 1.807) is 36.4 Å². The molecule has 0 aliphatic heterocycles. The average Bonchev–Trinajstić information content (AvgIpc) is 3.02. The quantitative estimate of drug-likeness (QED) is 0.671. The maximum Gasteiger partial charge on any atom is 0.232 e. The second-order valence-corrected chi connectivity index (χ2v) is 7.73.